The summed E-state index contributed by atoms with van der Waals surface area (Å²) in [7, 11) is 1.34. The van der Waals surface area contributed by atoms with Gasteiger partial charge in [-0.25, -0.2) is 14.2 Å². The van der Waals surface area contributed by atoms with E-state index in [1.165, 1.54) is 19.4 Å². The van der Waals surface area contributed by atoms with Crippen LogP contribution in [0.25, 0.3) is 0 Å². The summed E-state index contributed by atoms with van der Waals surface area (Å²) in [6, 6.07) is 7.51. The summed E-state index contributed by atoms with van der Waals surface area (Å²) in [4.78, 5) is 15.7. The van der Waals surface area contributed by atoms with Gasteiger partial charge in [-0.15, -0.1) is 0 Å². The van der Waals surface area contributed by atoms with E-state index < -0.39 is 17.5 Å². The summed E-state index contributed by atoms with van der Waals surface area (Å²) in [6.45, 7) is 5.57. The standard InChI is InChI=1S/C19H20FN3O4/c1-19(2,3)27-18(24)23-11-12-5-6-17(22-10-12)26-13-7-15(20)14(9-21)16(8-13)25-4/h5-8,10H,11H2,1-4H3,(H,23,24). The van der Waals surface area contributed by atoms with Gasteiger partial charge in [0.05, 0.1) is 7.11 Å². The van der Waals surface area contributed by atoms with Crippen LogP contribution in [0.15, 0.2) is 30.5 Å². The highest BCUT2D eigenvalue weighted by Gasteiger charge is 2.16. The number of carbonyl (C=O) groups is 1. The van der Waals surface area contributed by atoms with Crippen molar-refractivity contribution in [2.45, 2.75) is 32.9 Å². The first-order valence-corrected chi connectivity index (χ1v) is 8.09. The van der Waals surface area contributed by atoms with Gasteiger partial charge in [0.15, 0.2) is 0 Å². The lowest BCUT2D eigenvalue weighted by atomic mass is 10.2. The average Bonchev–Trinajstić information content (AvgIpc) is 2.59. The van der Waals surface area contributed by atoms with Gasteiger partial charge in [-0.2, -0.15) is 5.26 Å². The van der Waals surface area contributed by atoms with Crippen LogP contribution in [0.5, 0.6) is 17.4 Å². The molecule has 7 nitrogen and oxygen atoms in total. The molecule has 1 aromatic carbocycles. The number of amides is 1. The van der Waals surface area contributed by atoms with Gasteiger partial charge in [-0.05, 0) is 26.3 Å². The molecule has 2 rings (SSSR count). The van der Waals surface area contributed by atoms with Crippen molar-refractivity contribution in [3.8, 4) is 23.4 Å². The van der Waals surface area contributed by atoms with Gasteiger partial charge in [0.1, 0.15) is 34.5 Å². The summed E-state index contributed by atoms with van der Waals surface area (Å²) < 4.78 is 29.5. The second-order valence-corrected chi connectivity index (χ2v) is 6.56. The molecule has 0 aliphatic rings. The van der Waals surface area contributed by atoms with Crippen LogP contribution in [0.2, 0.25) is 0 Å². The topological polar surface area (TPSA) is 93.5 Å². The molecule has 1 heterocycles. The van der Waals surface area contributed by atoms with Crippen molar-refractivity contribution >= 4 is 6.09 Å². The molecule has 0 atom stereocenters. The summed E-state index contributed by atoms with van der Waals surface area (Å²) in [5.41, 5.74) is -0.0320. The van der Waals surface area contributed by atoms with Crippen LogP contribution in [-0.4, -0.2) is 23.8 Å². The van der Waals surface area contributed by atoms with E-state index in [-0.39, 0.29) is 29.5 Å². The highest BCUT2D eigenvalue weighted by atomic mass is 19.1. The van der Waals surface area contributed by atoms with Gasteiger partial charge in [0, 0.05) is 30.9 Å². The number of ether oxygens (including phenoxy) is 3. The Bertz CT molecular complexity index is 855. The highest BCUT2D eigenvalue weighted by Crippen LogP contribution is 2.29. The summed E-state index contributed by atoms with van der Waals surface area (Å²) in [6.07, 6.45) is 0.993. The minimum absolute atomic E-state index is 0.0747. The van der Waals surface area contributed by atoms with Crippen molar-refractivity contribution in [3.05, 3.63) is 47.4 Å². The monoisotopic (exact) mass is 373 g/mol. The number of carbonyl (C=O) groups excluding carboxylic acids is 1. The normalized spacial score (nSPS) is 10.7. The Balaban J connectivity index is 2.01. The number of pyridine rings is 1. The lowest BCUT2D eigenvalue weighted by Crippen LogP contribution is -2.32. The van der Waals surface area contributed by atoms with Crippen molar-refractivity contribution < 1.29 is 23.4 Å². The van der Waals surface area contributed by atoms with E-state index in [1.54, 1.807) is 39.0 Å². The Hall–Kier alpha value is -3.34. The first-order chi connectivity index (χ1) is 12.7. The molecule has 142 valence electrons. The predicted octanol–water partition coefficient (Wildman–Crippen LogP) is 3.92. The van der Waals surface area contributed by atoms with E-state index in [0.717, 1.165) is 11.6 Å². The van der Waals surface area contributed by atoms with Gasteiger partial charge < -0.3 is 19.5 Å². The maximum Gasteiger partial charge on any atom is 0.407 e. The molecule has 1 aromatic heterocycles. The zero-order chi connectivity index (χ0) is 20.0. The highest BCUT2D eigenvalue weighted by molar-refractivity contribution is 5.67. The molecular weight excluding hydrogens is 353 g/mol. The van der Waals surface area contributed by atoms with Crippen molar-refractivity contribution in [2.75, 3.05) is 7.11 Å². The number of nitrogens with one attached hydrogen (secondary N) is 1. The smallest absolute Gasteiger partial charge is 0.407 e. The number of alkyl carbamates (subject to hydrolysis) is 1. The Labute approximate surface area is 156 Å². The van der Waals surface area contributed by atoms with E-state index in [1.807, 2.05) is 0 Å². The largest absolute Gasteiger partial charge is 0.495 e. The number of rotatable bonds is 5. The van der Waals surface area contributed by atoms with Gasteiger partial charge in [-0.1, -0.05) is 6.07 Å². The van der Waals surface area contributed by atoms with Crippen LogP contribution >= 0.6 is 0 Å². The van der Waals surface area contributed by atoms with Gasteiger partial charge in [0.2, 0.25) is 5.88 Å². The maximum atomic E-state index is 13.9. The lowest BCUT2D eigenvalue weighted by Gasteiger charge is -2.19. The molecule has 0 saturated heterocycles. The van der Waals surface area contributed by atoms with E-state index in [4.69, 9.17) is 19.5 Å². The number of halogens is 1. The molecule has 1 N–H and O–H groups in total. The molecule has 0 spiro atoms. The van der Waals surface area contributed by atoms with Crippen LogP contribution < -0.4 is 14.8 Å². The Kier molecular flexibility index (Phi) is 6.19. The van der Waals surface area contributed by atoms with E-state index >= 15 is 0 Å². The third-order valence-corrected chi connectivity index (χ3v) is 3.22. The average molecular weight is 373 g/mol. The Morgan fingerprint density at radius 2 is 2.07 bits per heavy atom. The molecule has 0 unspecified atom stereocenters. The first-order valence-electron chi connectivity index (χ1n) is 8.09. The van der Waals surface area contributed by atoms with Crippen molar-refractivity contribution in [2.24, 2.45) is 0 Å². The summed E-state index contributed by atoms with van der Waals surface area (Å²) in [5, 5.41) is 11.6. The number of nitrogens with zero attached hydrogens (tertiary/aromatic N) is 2. The van der Waals surface area contributed by atoms with Crippen molar-refractivity contribution in [1.82, 2.24) is 10.3 Å². The number of hydrogen-bond acceptors (Lipinski definition) is 6. The SMILES string of the molecule is COc1cc(Oc2ccc(CNC(=O)OC(C)(C)C)cn2)cc(F)c1C#N. The molecule has 0 saturated carbocycles. The Morgan fingerprint density at radius 1 is 1.33 bits per heavy atom. The number of benzene rings is 1. The van der Waals surface area contributed by atoms with Gasteiger partial charge >= 0.3 is 6.09 Å². The summed E-state index contributed by atoms with van der Waals surface area (Å²) in [5.74, 6) is -0.298. The van der Waals surface area contributed by atoms with Crippen LogP contribution in [-0.2, 0) is 11.3 Å². The van der Waals surface area contributed by atoms with Crippen LogP contribution in [0, 0.1) is 17.1 Å². The predicted molar refractivity (Wildman–Crippen MR) is 95.1 cm³/mol. The number of nitriles is 1. The third-order valence-electron chi connectivity index (χ3n) is 3.22. The van der Waals surface area contributed by atoms with Crippen LogP contribution in [0.3, 0.4) is 0 Å². The molecule has 0 bridgehead atoms. The first kappa shape index (κ1) is 20.0. The zero-order valence-corrected chi connectivity index (χ0v) is 15.5. The molecule has 0 fully saturated rings. The molecular formula is C19H20FN3O4. The minimum atomic E-state index is -0.745. The van der Waals surface area contributed by atoms with Crippen molar-refractivity contribution in [3.63, 3.8) is 0 Å². The second kappa shape index (κ2) is 8.36. The maximum absolute atomic E-state index is 13.9. The second-order valence-electron chi connectivity index (χ2n) is 6.56. The van der Waals surface area contributed by atoms with Gasteiger partial charge in [0.25, 0.3) is 0 Å². The van der Waals surface area contributed by atoms with Crippen LogP contribution in [0.4, 0.5) is 9.18 Å². The number of hydrogen-bond donors (Lipinski definition) is 1. The molecule has 0 aliphatic heterocycles. The molecule has 0 aliphatic carbocycles. The van der Waals surface area contributed by atoms with Gasteiger partial charge in [-0.3, -0.25) is 0 Å². The minimum Gasteiger partial charge on any atom is -0.495 e. The van der Waals surface area contributed by atoms with Crippen LogP contribution in [0.1, 0.15) is 31.9 Å². The molecule has 2 aromatic rings. The molecule has 8 heteroatoms. The molecule has 1 amide bonds. The van der Waals surface area contributed by atoms with E-state index in [0.29, 0.717) is 0 Å². The van der Waals surface area contributed by atoms with E-state index in [2.05, 4.69) is 10.3 Å². The number of methoxy groups -OCH3 is 1. The third kappa shape index (κ3) is 5.85. The fraction of sp³-hybridized carbons (Fsp3) is 0.316. The lowest BCUT2D eigenvalue weighted by molar-refractivity contribution is 0.0523. The zero-order valence-electron chi connectivity index (χ0n) is 15.5. The van der Waals surface area contributed by atoms with Crippen molar-refractivity contribution in [1.29, 1.82) is 5.26 Å². The fourth-order valence-corrected chi connectivity index (χ4v) is 2.07. The number of aromatic nitrogens is 1. The Morgan fingerprint density at radius 3 is 2.63 bits per heavy atom. The quantitative estimate of drug-likeness (QED) is 0.854. The molecule has 27 heavy (non-hydrogen) atoms. The fourth-order valence-electron chi connectivity index (χ4n) is 2.07. The van der Waals surface area contributed by atoms with E-state index in [9.17, 15) is 9.18 Å². The summed E-state index contributed by atoms with van der Waals surface area (Å²) >= 11 is 0. The molecule has 0 radical (unpaired) electrons.